The fraction of sp³-hybridized carbons (Fsp3) is 0.0625. The van der Waals surface area contributed by atoms with Crippen LogP contribution >= 0.6 is 0 Å². The fourth-order valence-corrected chi connectivity index (χ4v) is 1.52. The molecule has 0 fully saturated rings. The highest BCUT2D eigenvalue weighted by Crippen LogP contribution is 2.01. The summed E-state index contributed by atoms with van der Waals surface area (Å²) in [6.07, 6.45) is 5.87. The van der Waals surface area contributed by atoms with Gasteiger partial charge in [0.25, 0.3) is 0 Å². The Morgan fingerprint density at radius 2 is 1.47 bits per heavy atom. The lowest BCUT2D eigenvalue weighted by atomic mass is 10.2. The third-order valence-electron chi connectivity index (χ3n) is 2.40. The molecule has 0 atom stereocenters. The molecule has 0 aliphatic rings. The average molecular weight is 221 g/mol. The van der Waals surface area contributed by atoms with Crippen molar-refractivity contribution < 1.29 is 0 Å². The molecule has 1 nitrogen and oxygen atoms in total. The highest BCUT2D eigenvalue weighted by Gasteiger charge is 1.85. The molecule has 1 heteroatoms. The second kappa shape index (κ2) is 6.44. The van der Waals surface area contributed by atoms with Crippen molar-refractivity contribution in [1.29, 1.82) is 0 Å². The van der Waals surface area contributed by atoms with Gasteiger partial charge in [0.2, 0.25) is 0 Å². The zero-order valence-electron chi connectivity index (χ0n) is 9.66. The minimum atomic E-state index is 0.736. The Hall–Kier alpha value is -2.15. The van der Waals surface area contributed by atoms with Crippen LogP contribution in [0.15, 0.2) is 71.7 Å². The molecule has 0 amide bonds. The van der Waals surface area contributed by atoms with E-state index < -0.39 is 0 Å². The van der Waals surface area contributed by atoms with Crippen molar-refractivity contribution in [1.82, 2.24) is 0 Å². The Kier molecular flexibility index (Phi) is 4.29. The summed E-state index contributed by atoms with van der Waals surface area (Å²) >= 11 is 0. The molecule has 0 heterocycles. The number of aliphatic imine (C=N–C) groups is 1. The summed E-state index contributed by atoms with van der Waals surface area (Å²) in [7, 11) is 0. The van der Waals surface area contributed by atoms with Crippen molar-refractivity contribution in [2.24, 2.45) is 4.99 Å². The first-order chi connectivity index (χ1) is 8.45. The minimum Gasteiger partial charge on any atom is -0.288 e. The van der Waals surface area contributed by atoms with E-state index in [1.165, 1.54) is 11.1 Å². The standard InChI is InChI=1S/C16H15N/c1-3-8-15(9-4-1)12-7-13-17-14-16-10-5-2-6-11-16/h1-13H,14H2. The Balaban J connectivity index is 1.85. The smallest absolute Gasteiger partial charge is 0.0639 e. The quantitative estimate of drug-likeness (QED) is 0.693. The normalized spacial score (nSPS) is 11.3. The van der Waals surface area contributed by atoms with Gasteiger partial charge in [-0.2, -0.15) is 0 Å². The third kappa shape index (κ3) is 4.07. The number of hydrogen-bond donors (Lipinski definition) is 0. The maximum Gasteiger partial charge on any atom is 0.0639 e. The van der Waals surface area contributed by atoms with E-state index in [-0.39, 0.29) is 0 Å². The molecule has 0 spiro atoms. The van der Waals surface area contributed by atoms with Crippen molar-refractivity contribution in [2.45, 2.75) is 6.54 Å². The van der Waals surface area contributed by atoms with E-state index in [0.29, 0.717) is 0 Å². The predicted molar refractivity (Wildman–Crippen MR) is 74.1 cm³/mol. The molecule has 0 saturated carbocycles. The summed E-state index contributed by atoms with van der Waals surface area (Å²) in [6, 6.07) is 20.5. The van der Waals surface area contributed by atoms with Crippen LogP contribution in [0.4, 0.5) is 0 Å². The maximum atomic E-state index is 4.34. The molecule has 0 saturated heterocycles. The molecule has 0 unspecified atom stereocenters. The molecular weight excluding hydrogens is 206 g/mol. The summed E-state index contributed by atoms with van der Waals surface area (Å²) in [6.45, 7) is 0.736. The van der Waals surface area contributed by atoms with E-state index in [1.807, 2.05) is 48.7 Å². The molecule has 0 radical (unpaired) electrons. The molecule has 0 aliphatic heterocycles. The zero-order valence-corrected chi connectivity index (χ0v) is 9.66. The molecule has 84 valence electrons. The van der Waals surface area contributed by atoms with Crippen LogP contribution in [0, 0.1) is 0 Å². The van der Waals surface area contributed by atoms with Gasteiger partial charge in [0.1, 0.15) is 0 Å². The first-order valence-corrected chi connectivity index (χ1v) is 5.70. The summed E-state index contributed by atoms with van der Waals surface area (Å²) < 4.78 is 0. The van der Waals surface area contributed by atoms with Crippen LogP contribution in [-0.2, 0) is 6.54 Å². The van der Waals surface area contributed by atoms with Gasteiger partial charge in [0, 0.05) is 6.21 Å². The van der Waals surface area contributed by atoms with Gasteiger partial charge >= 0.3 is 0 Å². The third-order valence-corrected chi connectivity index (χ3v) is 2.40. The molecule has 0 bridgehead atoms. The van der Waals surface area contributed by atoms with Crippen LogP contribution in [0.2, 0.25) is 0 Å². The average Bonchev–Trinajstić information content (AvgIpc) is 2.41. The largest absolute Gasteiger partial charge is 0.288 e. The van der Waals surface area contributed by atoms with Gasteiger partial charge in [-0.3, -0.25) is 4.99 Å². The van der Waals surface area contributed by atoms with Gasteiger partial charge < -0.3 is 0 Å². The molecule has 2 aromatic carbocycles. The Bertz CT molecular complexity index is 483. The summed E-state index contributed by atoms with van der Waals surface area (Å²) in [5, 5.41) is 0. The molecule has 17 heavy (non-hydrogen) atoms. The monoisotopic (exact) mass is 221 g/mol. The number of hydrogen-bond acceptors (Lipinski definition) is 1. The van der Waals surface area contributed by atoms with Crippen molar-refractivity contribution in [3.05, 3.63) is 77.9 Å². The Morgan fingerprint density at radius 1 is 0.824 bits per heavy atom. The summed E-state index contributed by atoms with van der Waals surface area (Å²) in [5.41, 5.74) is 2.43. The topological polar surface area (TPSA) is 12.4 Å². The second-order valence-electron chi connectivity index (χ2n) is 3.75. The van der Waals surface area contributed by atoms with Gasteiger partial charge in [-0.15, -0.1) is 0 Å². The lowest BCUT2D eigenvalue weighted by Gasteiger charge is -1.93. The van der Waals surface area contributed by atoms with E-state index in [0.717, 1.165) is 6.54 Å². The van der Waals surface area contributed by atoms with Crippen molar-refractivity contribution in [3.63, 3.8) is 0 Å². The molecule has 2 aromatic rings. The highest BCUT2D eigenvalue weighted by molar-refractivity contribution is 5.78. The SMILES string of the molecule is C(=Cc1ccccc1)C=NCc1ccccc1. The molecular formula is C16H15N. The number of allylic oxidation sites excluding steroid dienone is 1. The summed E-state index contributed by atoms with van der Waals surface area (Å²) in [5.74, 6) is 0. The number of rotatable bonds is 4. The van der Waals surface area contributed by atoms with Crippen LogP contribution in [0.25, 0.3) is 6.08 Å². The minimum absolute atomic E-state index is 0.736. The van der Waals surface area contributed by atoms with Gasteiger partial charge in [-0.05, 0) is 17.2 Å². The molecule has 0 N–H and O–H groups in total. The predicted octanol–water partition coefficient (Wildman–Crippen LogP) is 3.97. The van der Waals surface area contributed by atoms with Crippen LogP contribution in [-0.4, -0.2) is 6.21 Å². The Morgan fingerprint density at radius 3 is 2.18 bits per heavy atom. The zero-order chi connectivity index (χ0) is 11.8. The van der Waals surface area contributed by atoms with Crippen molar-refractivity contribution in [3.8, 4) is 0 Å². The van der Waals surface area contributed by atoms with Crippen molar-refractivity contribution >= 4 is 12.3 Å². The van der Waals surface area contributed by atoms with Crippen LogP contribution in [0.5, 0.6) is 0 Å². The number of benzene rings is 2. The van der Waals surface area contributed by atoms with Gasteiger partial charge in [-0.1, -0.05) is 66.7 Å². The van der Waals surface area contributed by atoms with Crippen LogP contribution < -0.4 is 0 Å². The lowest BCUT2D eigenvalue weighted by molar-refractivity contribution is 1.08. The van der Waals surface area contributed by atoms with Crippen LogP contribution in [0.1, 0.15) is 11.1 Å². The maximum absolute atomic E-state index is 4.34. The van der Waals surface area contributed by atoms with E-state index in [9.17, 15) is 0 Å². The fourth-order valence-electron chi connectivity index (χ4n) is 1.52. The molecule has 0 aromatic heterocycles. The van der Waals surface area contributed by atoms with Crippen molar-refractivity contribution in [2.75, 3.05) is 0 Å². The Labute approximate surface area is 102 Å². The summed E-state index contributed by atoms with van der Waals surface area (Å²) in [4.78, 5) is 4.34. The first-order valence-electron chi connectivity index (χ1n) is 5.70. The van der Waals surface area contributed by atoms with Gasteiger partial charge in [-0.25, -0.2) is 0 Å². The van der Waals surface area contributed by atoms with Gasteiger partial charge in [0.15, 0.2) is 0 Å². The lowest BCUT2D eigenvalue weighted by Crippen LogP contribution is -1.79. The van der Waals surface area contributed by atoms with Crippen LogP contribution in [0.3, 0.4) is 0 Å². The first kappa shape index (κ1) is 11.3. The number of nitrogens with zero attached hydrogens (tertiary/aromatic N) is 1. The molecule has 0 aliphatic carbocycles. The second-order valence-corrected chi connectivity index (χ2v) is 3.75. The van der Waals surface area contributed by atoms with E-state index in [1.54, 1.807) is 0 Å². The van der Waals surface area contributed by atoms with Gasteiger partial charge in [0.05, 0.1) is 6.54 Å². The molecule has 2 rings (SSSR count). The van der Waals surface area contributed by atoms with E-state index >= 15 is 0 Å². The van der Waals surface area contributed by atoms with E-state index in [2.05, 4.69) is 35.3 Å². The highest BCUT2D eigenvalue weighted by atomic mass is 14.7. The van der Waals surface area contributed by atoms with E-state index in [4.69, 9.17) is 0 Å².